The molecule has 0 fully saturated rings. The monoisotopic (exact) mass is 194 g/mol. The van der Waals surface area contributed by atoms with Crippen molar-refractivity contribution in [2.45, 2.75) is 6.43 Å². The molecule has 0 saturated carbocycles. The first-order chi connectivity index (χ1) is 5.54. The SMILES string of the molecule is Nc1[nH]cc(C(F)F)c(=O)c1Cl. The maximum Gasteiger partial charge on any atom is 0.269 e. The summed E-state index contributed by atoms with van der Waals surface area (Å²) in [5.74, 6) is -0.105. The molecular weight excluding hydrogens is 190 g/mol. The van der Waals surface area contributed by atoms with Crippen LogP contribution in [0, 0.1) is 0 Å². The van der Waals surface area contributed by atoms with Crippen LogP contribution in [-0.2, 0) is 0 Å². The molecule has 0 amide bonds. The second kappa shape index (κ2) is 3.10. The molecule has 3 N–H and O–H groups in total. The number of rotatable bonds is 1. The number of nitrogens with one attached hydrogen (secondary N) is 1. The van der Waals surface area contributed by atoms with Gasteiger partial charge in [-0.2, -0.15) is 0 Å². The maximum atomic E-state index is 12.0. The smallest absolute Gasteiger partial charge is 0.269 e. The Hall–Kier alpha value is -1.10. The molecule has 1 aromatic heterocycles. The Bertz CT molecular complexity index is 350. The van der Waals surface area contributed by atoms with E-state index in [1.807, 2.05) is 0 Å². The van der Waals surface area contributed by atoms with Gasteiger partial charge in [0.15, 0.2) is 0 Å². The third kappa shape index (κ3) is 1.40. The van der Waals surface area contributed by atoms with E-state index in [1.54, 1.807) is 0 Å². The van der Waals surface area contributed by atoms with Crippen molar-refractivity contribution in [1.82, 2.24) is 4.98 Å². The van der Waals surface area contributed by atoms with E-state index in [0.29, 0.717) is 0 Å². The number of anilines is 1. The standard InChI is InChI=1S/C6H5ClF2N2O/c7-3-4(12)2(5(8)9)1-11-6(3)10/h1,5H,(H3,10,11,12). The fraction of sp³-hybridized carbons (Fsp3) is 0.167. The Morgan fingerprint density at radius 1 is 1.58 bits per heavy atom. The minimum atomic E-state index is -2.84. The summed E-state index contributed by atoms with van der Waals surface area (Å²) in [5.41, 5.74) is 3.56. The highest BCUT2D eigenvalue weighted by atomic mass is 35.5. The molecule has 12 heavy (non-hydrogen) atoms. The highest BCUT2D eigenvalue weighted by Gasteiger charge is 2.15. The fourth-order valence-electron chi connectivity index (χ4n) is 0.696. The van der Waals surface area contributed by atoms with Crippen molar-refractivity contribution in [3.8, 4) is 0 Å². The fourth-order valence-corrected chi connectivity index (χ4v) is 0.859. The van der Waals surface area contributed by atoms with Crippen molar-refractivity contribution in [3.05, 3.63) is 27.0 Å². The van der Waals surface area contributed by atoms with E-state index in [0.717, 1.165) is 6.20 Å². The van der Waals surface area contributed by atoms with E-state index in [2.05, 4.69) is 4.98 Å². The lowest BCUT2D eigenvalue weighted by molar-refractivity contribution is 0.150. The largest absolute Gasteiger partial charge is 0.384 e. The normalized spacial score (nSPS) is 10.7. The number of alkyl halides is 2. The summed E-state index contributed by atoms with van der Waals surface area (Å²) in [6.07, 6.45) is -1.99. The average Bonchev–Trinajstić information content (AvgIpc) is 2.00. The molecule has 0 unspecified atom stereocenters. The number of hydrogen-bond donors (Lipinski definition) is 2. The molecule has 0 radical (unpaired) electrons. The van der Waals surface area contributed by atoms with Crippen molar-refractivity contribution in [2.24, 2.45) is 0 Å². The minimum Gasteiger partial charge on any atom is -0.384 e. The molecule has 3 nitrogen and oxygen atoms in total. The molecule has 66 valence electrons. The van der Waals surface area contributed by atoms with Crippen LogP contribution in [0.15, 0.2) is 11.0 Å². The van der Waals surface area contributed by atoms with E-state index in [9.17, 15) is 13.6 Å². The summed E-state index contributed by atoms with van der Waals surface area (Å²) in [6, 6.07) is 0. The molecule has 0 bridgehead atoms. The van der Waals surface area contributed by atoms with E-state index in [4.69, 9.17) is 17.3 Å². The summed E-state index contributed by atoms with van der Waals surface area (Å²) in [5, 5.41) is -0.396. The Balaban J connectivity index is 3.37. The molecule has 0 aromatic carbocycles. The highest BCUT2D eigenvalue weighted by Crippen LogP contribution is 2.18. The van der Waals surface area contributed by atoms with E-state index >= 15 is 0 Å². The molecule has 0 spiro atoms. The number of aromatic amines is 1. The lowest BCUT2D eigenvalue weighted by Gasteiger charge is -2.00. The van der Waals surface area contributed by atoms with Crippen molar-refractivity contribution >= 4 is 17.4 Å². The Kier molecular flexibility index (Phi) is 2.32. The lowest BCUT2D eigenvalue weighted by Crippen LogP contribution is -2.12. The van der Waals surface area contributed by atoms with Crippen LogP contribution >= 0.6 is 11.6 Å². The number of pyridine rings is 1. The molecule has 0 saturated heterocycles. The van der Waals surface area contributed by atoms with Gasteiger partial charge in [-0.25, -0.2) is 8.78 Å². The second-order valence-corrected chi connectivity index (χ2v) is 2.48. The molecule has 6 heteroatoms. The molecule has 0 aliphatic heterocycles. The van der Waals surface area contributed by atoms with Crippen LogP contribution in [0.2, 0.25) is 5.02 Å². The zero-order chi connectivity index (χ0) is 9.30. The van der Waals surface area contributed by atoms with Gasteiger partial charge in [0, 0.05) is 6.20 Å². The average molecular weight is 195 g/mol. The summed E-state index contributed by atoms with van der Waals surface area (Å²) in [4.78, 5) is 13.2. The van der Waals surface area contributed by atoms with Gasteiger partial charge in [0.1, 0.15) is 10.8 Å². The molecule has 1 heterocycles. The van der Waals surface area contributed by atoms with Gasteiger partial charge in [0.05, 0.1) is 5.56 Å². The van der Waals surface area contributed by atoms with Gasteiger partial charge in [-0.1, -0.05) is 11.6 Å². The topological polar surface area (TPSA) is 58.9 Å². The summed E-state index contributed by atoms with van der Waals surface area (Å²) in [6.45, 7) is 0. The summed E-state index contributed by atoms with van der Waals surface area (Å²) in [7, 11) is 0. The molecule has 0 aliphatic rings. The first-order valence-electron chi connectivity index (χ1n) is 2.98. The minimum absolute atomic E-state index is 0.105. The molecule has 0 atom stereocenters. The number of nitrogen functional groups attached to an aromatic ring is 1. The van der Waals surface area contributed by atoms with E-state index in [1.165, 1.54) is 0 Å². The number of halogens is 3. The third-order valence-electron chi connectivity index (χ3n) is 1.32. The van der Waals surface area contributed by atoms with Crippen molar-refractivity contribution in [1.29, 1.82) is 0 Å². The number of aromatic nitrogens is 1. The molecular formula is C6H5ClF2N2O. The predicted molar refractivity (Wildman–Crippen MR) is 41.4 cm³/mol. The van der Waals surface area contributed by atoms with Gasteiger partial charge in [-0.05, 0) is 0 Å². The highest BCUT2D eigenvalue weighted by molar-refractivity contribution is 6.32. The first-order valence-corrected chi connectivity index (χ1v) is 3.36. The van der Waals surface area contributed by atoms with Crippen LogP contribution < -0.4 is 11.2 Å². The molecule has 0 aliphatic carbocycles. The van der Waals surface area contributed by atoms with Crippen molar-refractivity contribution < 1.29 is 8.78 Å². The quantitative estimate of drug-likeness (QED) is 0.713. The van der Waals surface area contributed by atoms with Gasteiger partial charge in [-0.15, -0.1) is 0 Å². The van der Waals surface area contributed by atoms with Gasteiger partial charge >= 0.3 is 0 Å². The predicted octanol–water partition coefficient (Wildman–Crippen LogP) is 1.55. The molecule has 1 rings (SSSR count). The number of H-pyrrole nitrogens is 1. The second-order valence-electron chi connectivity index (χ2n) is 2.10. The molecule has 1 aromatic rings. The lowest BCUT2D eigenvalue weighted by atomic mass is 10.3. The van der Waals surface area contributed by atoms with Gasteiger partial charge in [-0.3, -0.25) is 4.79 Å². The zero-order valence-corrected chi connectivity index (χ0v) is 6.53. The Morgan fingerprint density at radius 3 is 2.67 bits per heavy atom. The Labute approximate surface area is 71.2 Å². The number of hydrogen-bond acceptors (Lipinski definition) is 2. The third-order valence-corrected chi connectivity index (χ3v) is 1.69. The van der Waals surface area contributed by atoms with Gasteiger partial charge < -0.3 is 10.7 Å². The van der Waals surface area contributed by atoms with Crippen LogP contribution in [0.25, 0.3) is 0 Å². The van der Waals surface area contributed by atoms with Crippen LogP contribution in [0.3, 0.4) is 0 Å². The van der Waals surface area contributed by atoms with Gasteiger partial charge in [0.2, 0.25) is 5.43 Å². The Morgan fingerprint density at radius 2 is 2.17 bits per heavy atom. The number of nitrogens with two attached hydrogens (primary N) is 1. The maximum absolute atomic E-state index is 12.0. The van der Waals surface area contributed by atoms with Gasteiger partial charge in [0.25, 0.3) is 6.43 Å². The first kappa shape index (κ1) is 8.99. The van der Waals surface area contributed by atoms with E-state index < -0.39 is 22.4 Å². The summed E-state index contributed by atoms with van der Waals surface area (Å²) < 4.78 is 24.0. The van der Waals surface area contributed by atoms with Crippen LogP contribution in [0.4, 0.5) is 14.6 Å². The van der Waals surface area contributed by atoms with Crippen LogP contribution in [0.1, 0.15) is 12.0 Å². The summed E-state index contributed by atoms with van der Waals surface area (Å²) >= 11 is 5.32. The van der Waals surface area contributed by atoms with E-state index in [-0.39, 0.29) is 5.82 Å². The van der Waals surface area contributed by atoms with Crippen LogP contribution in [-0.4, -0.2) is 4.98 Å². The van der Waals surface area contributed by atoms with Crippen molar-refractivity contribution in [3.63, 3.8) is 0 Å². The van der Waals surface area contributed by atoms with Crippen molar-refractivity contribution in [2.75, 3.05) is 5.73 Å². The zero-order valence-electron chi connectivity index (χ0n) is 5.77. The van der Waals surface area contributed by atoms with Crippen LogP contribution in [0.5, 0.6) is 0 Å².